The van der Waals surface area contributed by atoms with Crippen LogP contribution in [-0.4, -0.2) is 24.9 Å². The van der Waals surface area contributed by atoms with Crippen molar-refractivity contribution in [3.63, 3.8) is 0 Å². The van der Waals surface area contributed by atoms with Crippen LogP contribution < -0.4 is 5.32 Å². The molecule has 0 aromatic heterocycles. The average molecular weight is 184 g/mol. The van der Waals surface area contributed by atoms with E-state index in [9.17, 15) is 9.36 Å². The summed E-state index contributed by atoms with van der Waals surface area (Å²) in [7, 11) is -0.373. The quantitative estimate of drug-likeness (QED) is 0.385. The van der Waals surface area contributed by atoms with Crippen molar-refractivity contribution in [2.75, 3.05) is 19.0 Å². The molecule has 0 aliphatic rings. The zero-order valence-electron chi connectivity index (χ0n) is 5.17. The van der Waals surface area contributed by atoms with Gasteiger partial charge in [-0.25, -0.2) is 4.57 Å². The van der Waals surface area contributed by atoms with Gasteiger partial charge in [-0.2, -0.15) is 0 Å². The summed E-state index contributed by atoms with van der Waals surface area (Å²) < 4.78 is 14.0. The lowest BCUT2D eigenvalue weighted by Gasteiger charge is -1.98. The van der Waals surface area contributed by atoms with Gasteiger partial charge in [0.25, 0.3) is 0 Å². The van der Waals surface area contributed by atoms with Gasteiger partial charge in [-0.1, -0.05) is 0 Å². The summed E-state index contributed by atoms with van der Waals surface area (Å²) in [6, 6.07) is 0. The van der Waals surface area contributed by atoms with E-state index in [4.69, 9.17) is 11.6 Å². The fourth-order valence-corrected chi connectivity index (χ4v) is 0.581. The summed E-state index contributed by atoms with van der Waals surface area (Å²) in [5, 5.41) is 2.43. The molecule has 58 valence electrons. The van der Waals surface area contributed by atoms with E-state index in [0.29, 0.717) is 6.54 Å². The van der Waals surface area contributed by atoms with Crippen LogP contribution in [0.5, 0.6) is 0 Å². The molecule has 4 nitrogen and oxygen atoms in total. The normalized spacial score (nSPS) is 9.70. The van der Waals surface area contributed by atoms with Gasteiger partial charge in [-0.15, -0.1) is 11.6 Å². The van der Waals surface area contributed by atoms with Crippen molar-refractivity contribution in [1.29, 1.82) is 0 Å². The monoisotopic (exact) mass is 183 g/mol. The Hall–Kier alpha value is -0.180. The maximum absolute atomic E-state index is 10.4. The molecule has 1 N–H and O–H groups in total. The Morgan fingerprint density at radius 3 is 2.90 bits per heavy atom. The number of carbonyl (C=O) groups excluding carboxylic acids is 1. The van der Waals surface area contributed by atoms with Crippen LogP contribution in [0.4, 0.5) is 0 Å². The molecule has 0 radical (unpaired) electrons. The van der Waals surface area contributed by atoms with Crippen molar-refractivity contribution < 1.29 is 13.9 Å². The van der Waals surface area contributed by atoms with Gasteiger partial charge in [0.1, 0.15) is 5.88 Å². The summed E-state index contributed by atoms with van der Waals surface area (Å²) in [6.45, 7) is 0.564. The highest BCUT2D eigenvalue weighted by atomic mass is 35.5. The second-order valence-electron chi connectivity index (χ2n) is 1.39. The highest BCUT2D eigenvalue weighted by Gasteiger charge is 1.94. The third kappa shape index (κ3) is 5.95. The lowest BCUT2D eigenvalue weighted by Crippen LogP contribution is -2.27. The molecular formula is C4H7ClNO3P. The minimum atomic E-state index is -0.373. The highest BCUT2D eigenvalue weighted by molar-refractivity contribution is 7.17. The van der Waals surface area contributed by atoms with Crippen molar-refractivity contribution in [2.24, 2.45) is 0 Å². The predicted molar refractivity (Wildman–Crippen MR) is 37.3 cm³/mol. The SMILES string of the molecule is O=POCCNC(=O)CCl. The summed E-state index contributed by atoms with van der Waals surface area (Å²) in [5.74, 6) is -0.317. The standard InChI is InChI=1S/C4H7ClNO3P/c5-3-4(7)6-1-2-9-10-8/h1-3H2,(H,6,7). The number of halogens is 1. The van der Waals surface area contributed by atoms with E-state index < -0.39 is 0 Å². The molecule has 0 fully saturated rings. The fourth-order valence-electron chi connectivity index (χ4n) is 0.321. The smallest absolute Gasteiger partial charge is 0.327 e. The van der Waals surface area contributed by atoms with Gasteiger partial charge in [0.15, 0.2) is 0 Å². The maximum Gasteiger partial charge on any atom is 0.327 e. The van der Waals surface area contributed by atoms with Crippen LogP contribution in [0.1, 0.15) is 0 Å². The van der Waals surface area contributed by atoms with Crippen molar-refractivity contribution >= 4 is 26.2 Å². The minimum absolute atomic E-state index is 0.0604. The number of nitrogens with one attached hydrogen (secondary N) is 1. The van der Waals surface area contributed by atoms with Gasteiger partial charge in [0.2, 0.25) is 5.91 Å². The Balaban J connectivity index is 3.03. The van der Waals surface area contributed by atoms with Gasteiger partial charge in [0.05, 0.1) is 6.61 Å². The molecule has 10 heavy (non-hydrogen) atoms. The molecule has 0 bridgehead atoms. The van der Waals surface area contributed by atoms with Crippen LogP contribution in [-0.2, 0) is 13.9 Å². The molecule has 0 aliphatic carbocycles. The summed E-state index contributed by atoms with van der Waals surface area (Å²) in [5.41, 5.74) is 0. The number of amides is 1. The second-order valence-corrected chi connectivity index (χ2v) is 2.07. The van der Waals surface area contributed by atoms with Crippen LogP contribution in [0.15, 0.2) is 0 Å². The van der Waals surface area contributed by atoms with E-state index in [0.717, 1.165) is 0 Å². The van der Waals surface area contributed by atoms with Gasteiger partial charge < -0.3 is 5.32 Å². The number of hydrogen-bond donors (Lipinski definition) is 1. The van der Waals surface area contributed by atoms with Gasteiger partial charge in [0, 0.05) is 6.54 Å². The second kappa shape index (κ2) is 6.93. The number of carbonyl (C=O) groups is 1. The number of rotatable bonds is 5. The van der Waals surface area contributed by atoms with E-state index >= 15 is 0 Å². The van der Waals surface area contributed by atoms with Crippen molar-refractivity contribution in [3.05, 3.63) is 0 Å². The molecule has 0 atom stereocenters. The van der Waals surface area contributed by atoms with Gasteiger partial charge in [-0.05, 0) is 0 Å². The van der Waals surface area contributed by atoms with E-state index in [1.807, 2.05) is 0 Å². The summed E-state index contributed by atoms with van der Waals surface area (Å²) in [6.07, 6.45) is 0. The van der Waals surface area contributed by atoms with Crippen LogP contribution in [0.2, 0.25) is 0 Å². The maximum atomic E-state index is 10.4. The zero-order chi connectivity index (χ0) is 7.82. The first kappa shape index (κ1) is 9.82. The Kier molecular flexibility index (Phi) is 6.81. The Bertz CT molecular complexity index is 121. The molecule has 0 aromatic carbocycles. The zero-order valence-corrected chi connectivity index (χ0v) is 6.82. The van der Waals surface area contributed by atoms with E-state index in [2.05, 4.69) is 9.84 Å². The molecule has 0 aliphatic heterocycles. The lowest BCUT2D eigenvalue weighted by molar-refractivity contribution is -0.118. The topological polar surface area (TPSA) is 55.4 Å². The average Bonchev–Trinajstić information content (AvgIpc) is 1.98. The molecule has 0 unspecified atom stereocenters. The van der Waals surface area contributed by atoms with Gasteiger partial charge in [-0.3, -0.25) is 9.32 Å². The number of hydrogen-bond acceptors (Lipinski definition) is 3. The minimum Gasteiger partial charge on any atom is -0.353 e. The van der Waals surface area contributed by atoms with E-state index in [1.54, 1.807) is 0 Å². The molecule has 0 heterocycles. The van der Waals surface area contributed by atoms with E-state index in [-0.39, 0.29) is 27.1 Å². The first-order valence-corrected chi connectivity index (χ1v) is 3.85. The third-order valence-electron chi connectivity index (χ3n) is 0.690. The largest absolute Gasteiger partial charge is 0.353 e. The summed E-state index contributed by atoms with van der Waals surface area (Å²) >= 11 is 5.15. The van der Waals surface area contributed by atoms with Gasteiger partial charge >= 0.3 is 8.69 Å². The van der Waals surface area contributed by atoms with Crippen LogP contribution >= 0.6 is 20.3 Å². The fraction of sp³-hybridized carbons (Fsp3) is 0.750. The molecule has 0 rings (SSSR count). The molecule has 1 amide bonds. The lowest BCUT2D eigenvalue weighted by atomic mass is 10.6. The third-order valence-corrected chi connectivity index (χ3v) is 1.22. The first-order valence-electron chi connectivity index (χ1n) is 2.58. The van der Waals surface area contributed by atoms with Crippen molar-refractivity contribution in [2.45, 2.75) is 0 Å². The molecule has 0 saturated carbocycles. The molecule has 0 saturated heterocycles. The summed E-state index contributed by atoms with van der Waals surface area (Å²) in [4.78, 5) is 10.4. The Labute approximate surface area is 65.2 Å². The molecule has 0 spiro atoms. The van der Waals surface area contributed by atoms with Crippen LogP contribution in [0.25, 0.3) is 0 Å². The van der Waals surface area contributed by atoms with Crippen LogP contribution in [0.3, 0.4) is 0 Å². The Morgan fingerprint density at radius 1 is 1.70 bits per heavy atom. The highest BCUT2D eigenvalue weighted by Crippen LogP contribution is 1.90. The van der Waals surface area contributed by atoms with Crippen molar-refractivity contribution in [1.82, 2.24) is 5.32 Å². The molecule has 6 heteroatoms. The first-order chi connectivity index (χ1) is 4.81. The van der Waals surface area contributed by atoms with Crippen molar-refractivity contribution in [3.8, 4) is 0 Å². The predicted octanol–water partition coefficient (Wildman–Crippen LogP) is 0.565. The molecular weight excluding hydrogens is 176 g/mol. The Morgan fingerprint density at radius 2 is 2.40 bits per heavy atom. The van der Waals surface area contributed by atoms with Crippen LogP contribution in [0, 0.1) is 0 Å². The molecule has 0 aromatic rings. The van der Waals surface area contributed by atoms with E-state index in [1.165, 1.54) is 0 Å². The number of alkyl halides is 1.